The van der Waals surface area contributed by atoms with Crippen molar-refractivity contribution in [2.24, 2.45) is 0 Å². The first-order valence-corrected chi connectivity index (χ1v) is 31.9. The van der Waals surface area contributed by atoms with Gasteiger partial charge < -0.3 is 14.2 Å². The summed E-state index contributed by atoms with van der Waals surface area (Å²) in [4.78, 5) is 38.2. The monoisotopic (exact) mass is 1030 g/mol. The fourth-order valence-corrected chi connectivity index (χ4v) is 9.22. The molecule has 1 atom stereocenters. The second-order valence-corrected chi connectivity index (χ2v) is 21.3. The molecule has 0 aliphatic heterocycles. The Morgan fingerprint density at radius 1 is 0.297 bits per heavy atom. The Morgan fingerprint density at radius 2 is 0.581 bits per heavy atom. The topological polar surface area (TPSA) is 78.9 Å². The maximum Gasteiger partial charge on any atom is 0.309 e. The number of allylic oxidation sites excluding steroid dienone is 11. The molecule has 6 nitrogen and oxygen atoms in total. The Labute approximate surface area is 459 Å². The number of hydrogen-bond donors (Lipinski definition) is 0. The molecule has 0 aliphatic rings. The number of hydrogen-bond acceptors (Lipinski definition) is 6. The molecule has 74 heavy (non-hydrogen) atoms. The third-order valence-electron chi connectivity index (χ3n) is 14.0. The molecule has 0 radical (unpaired) electrons. The fraction of sp³-hybridized carbons (Fsp3) is 0.779. The zero-order valence-corrected chi connectivity index (χ0v) is 49.1. The predicted molar refractivity (Wildman–Crippen MR) is 321 cm³/mol. The number of carbonyl (C=O) groups excluding carboxylic acids is 3. The number of rotatable bonds is 58. The summed E-state index contributed by atoms with van der Waals surface area (Å²) in [5.41, 5.74) is 0. The van der Waals surface area contributed by atoms with Gasteiger partial charge in [-0.3, -0.25) is 14.4 Å². The van der Waals surface area contributed by atoms with Crippen LogP contribution in [0.1, 0.15) is 323 Å². The largest absolute Gasteiger partial charge is 0.462 e. The molecule has 0 saturated carbocycles. The minimum Gasteiger partial charge on any atom is -0.462 e. The van der Waals surface area contributed by atoms with Crippen LogP contribution in [0.3, 0.4) is 0 Å². The van der Waals surface area contributed by atoms with E-state index in [1.165, 1.54) is 212 Å². The molecule has 0 aromatic rings. The zero-order valence-electron chi connectivity index (χ0n) is 49.1. The van der Waals surface area contributed by atoms with Crippen molar-refractivity contribution in [3.8, 4) is 0 Å². The summed E-state index contributed by atoms with van der Waals surface area (Å²) >= 11 is 0. The first-order chi connectivity index (χ1) is 36.5. The SMILES string of the molecule is CC/C=C\C/C=C\C/C=C\C/C=C\C/C=C\CC(=O)OCC(COC(=O)CCCCCCCCCCCCCCCCCCCCCCCC)OC(=O)CCCCCCCCCCC/C=C\CCCCCCCC. The van der Waals surface area contributed by atoms with Gasteiger partial charge in [-0.25, -0.2) is 0 Å². The molecule has 0 fully saturated rings. The lowest BCUT2D eigenvalue weighted by atomic mass is 10.0. The van der Waals surface area contributed by atoms with E-state index in [1.807, 2.05) is 6.08 Å². The van der Waals surface area contributed by atoms with Crippen LogP contribution in [0.2, 0.25) is 0 Å². The minimum absolute atomic E-state index is 0.103. The number of esters is 3. The van der Waals surface area contributed by atoms with E-state index in [0.717, 1.165) is 70.6 Å². The van der Waals surface area contributed by atoms with E-state index in [0.29, 0.717) is 12.8 Å². The summed E-state index contributed by atoms with van der Waals surface area (Å²) in [7, 11) is 0. The highest BCUT2D eigenvalue weighted by molar-refractivity contribution is 5.72. The van der Waals surface area contributed by atoms with Crippen molar-refractivity contribution in [1.29, 1.82) is 0 Å². The first-order valence-electron chi connectivity index (χ1n) is 31.9. The van der Waals surface area contributed by atoms with Gasteiger partial charge in [0.05, 0.1) is 6.42 Å². The summed E-state index contributed by atoms with van der Waals surface area (Å²) < 4.78 is 16.8. The Balaban J connectivity index is 4.39. The maximum atomic E-state index is 12.9. The van der Waals surface area contributed by atoms with E-state index in [1.54, 1.807) is 6.08 Å². The van der Waals surface area contributed by atoms with E-state index < -0.39 is 12.1 Å². The van der Waals surface area contributed by atoms with Crippen molar-refractivity contribution < 1.29 is 28.6 Å². The Morgan fingerprint density at radius 3 is 0.932 bits per heavy atom. The third-order valence-corrected chi connectivity index (χ3v) is 14.0. The van der Waals surface area contributed by atoms with Crippen LogP contribution in [-0.2, 0) is 28.6 Å². The van der Waals surface area contributed by atoms with Gasteiger partial charge in [0.2, 0.25) is 0 Å². The van der Waals surface area contributed by atoms with Crippen LogP contribution in [-0.4, -0.2) is 37.2 Å². The van der Waals surface area contributed by atoms with Gasteiger partial charge in [-0.2, -0.15) is 0 Å². The van der Waals surface area contributed by atoms with E-state index in [9.17, 15) is 14.4 Å². The smallest absolute Gasteiger partial charge is 0.309 e. The standard InChI is InChI=1S/C68H120O6/c1-4-7-10-13-16-19-22-25-28-30-32-33-34-36-37-40-43-46-49-52-55-58-61-67(70)73-64-65(63-72-66(69)60-57-54-51-48-45-42-39-27-24-21-18-15-12-9-6-3)74-68(71)62-59-56-53-50-47-44-41-38-35-31-29-26-23-20-17-14-11-8-5-2/h9,12,18,21,26-27,29,39,45,48,54,57,65H,4-8,10-11,13-17,19-20,22-25,28,30-38,40-44,46-47,49-53,55-56,58-64H2,1-3H3/b12-9-,21-18-,29-26-,39-27-,48-45-,57-54-. The number of unbranched alkanes of at least 4 members (excludes halogenated alkanes) is 36. The minimum atomic E-state index is -0.816. The lowest BCUT2D eigenvalue weighted by molar-refractivity contribution is -0.166. The number of ether oxygens (including phenoxy) is 3. The van der Waals surface area contributed by atoms with Crippen molar-refractivity contribution in [2.45, 2.75) is 329 Å². The Bertz CT molecular complexity index is 1370. The quantitative estimate of drug-likeness (QED) is 0.0261. The van der Waals surface area contributed by atoms with Gasteiger partial charge in [0.1, 0.15) is 13.2 Å². The molecular weight excluding hydrogens is 913 g/mol. The van der Waals surface area contributed by atoms with Gasteiger partial charge in [0, 0.05) is 12.8 Å². The third kappa shape index (κ3) is 59.7. The van der Waals surface area contributed by atoms with Crippen molar-refractivity contribution in [2.75, 3.05) is 13.2 Å². The van der Waals surface area contributed by atoms with Crippen LogP contribution in [0, 0.1) is 0 Å². The molecule has 0 spiro atoms. The van der Waals surface area contributed by atoms with Gasteiger partial charge in [-0.05, 0) is 70.6 Å². The van der Waals surface area contributed by atoms with Crippen LogP contribution in [0.5, 0.6) is 0 Å². The molecule has 0 N–H and O–H groups in total. The van der Waals surface area contributed by atoms with E-state index in [2.05, 4.69) is 81.5 Å². The Kier molecular flexibility index (Phi) is 59.7. The van der Waals surface area contributed by atoms with Crippen LogP contribution in [0.15, 0.2) is 72.9 Å². The van der Waals surface area contributed by atoms with Crippen molar-refractivity contribution in [1.82, 2.24) is 0 Å². The van der Waals surface area contributed by atoms with Crippen LogP contribution < -0.4 is 0 Å². The first kappa shape index (κ1) is 70.8. The molecule has 0 aliphatic carbocycles. The van der Waals surface area contributed by atoms with E-state index in [4.69, 9.17) is 14.2 Å². The van der Waals surface area contributed by atoms with Crippen LogP contribution in [0.4, 0.5) is 0 Å². The lowest BCUT2D eigenvalue weighted by Gasteiger charge is -2.18. The molecule has 0 heterocycles. The molecule has 1 unspecified atom stereocenters. The maximum absolute atomic E-state index is 12.9. The van der Waals surface area contributed by atoms with E-state index >= 15 is 0 Å². The van der Waals surface area contributed by atoms with Gasteiger partial charge >= 0.3 is 17.9 Å². The lowest BCUT2D eigenvalue weighted by Crippen LogP contribution is -2.30. The summed E-state index contributed by atoms with van der Waals surface area (Å²) in [6.07, 6.45) is 80.8. The van der Waals surface area contributed by atoms with E-state index in [-0.39, 0.29) is 31.6 Å². The van der Waals surface area contributed by atoms with Crippen molar-refractivity contribution in [3.05, 3.63) is 72.9 Å². The average molecular weight is 1030 g/mol. The second kappa shape index (κ2) is 62.4. The number of carbonyl (C=O) groups is 3. The highest BCUT2D eigenvalue weighted by Gasteiger charge is 2.19. The van der Waals surface area contributed by atoms with Crippen LogP contribution >= 0.6 is 0 Å². The second-order valence-electron chi connectivity index (χ2n) is 21.3. The van der Waals surface area contributed by atoms with Crippen molar-refractivity contribution >= 4 is 17.9 Å². The molecule has 0 bridgehead atoms. The molecule has 0 amide bonds. The average Bonchev–Trinajstić information content (AvgIpc) is 3.40. The normalized spacial score (nSPS) is 12.5. The molecular formula is C68H120O6. The van der Waals surface area contributed by atoms with Gasteiger partial charge in [-0.15, -0.1) is 0 Å². The predicted octanol–water partition coefficient (Wildman–Crippen LogP) is 21.7. The summed E-state index contributed by atoms with van der Waals surface area (Å²) in [6, 6.07) is 0. The summed E-state index contributed by atoms with van der Waals surface area (Å²) in [5, 5.41) is 0. The molecule has 428 valence electrons. The molecule has 0 aromatic carbocycles. The Hall–Kier alpha value is -3.15. The van der Waals surface area contributed by atoms with Gasteiger partial charge in [0.15, 0.2) is 6.10 Å². The summed E-state index contributed by atoms with van der Waals surface area (Å²) in [5.74, 6) is -1.02. The summed E-state index contributed by atoms with van der Waals surface area (Å²) in [6.45, 7) is 6.48. The molecule has 0 rings (SSSR count). The molecule has 0 saturated heterocycles. The van der Waals surface area contributed by atoms with Crippen molar-refractivity contribution in [3.63, 3.8) is 0 Å². The highest BCUT2D eigenvalue weighted by Crippen LogP contribution is 2.17. The molecule has 0 aromatic heterocycles. The van der Waals surface area contributed by atoms with Gasteiger partial charge in [-0.1, -0.05) is 306 Å². The zero-order chi connectivity index (χ0) is 53.6. The highest BCUT2D eigenvalue weighted by atomic mass is 16.6. The molecule has 6 heteroatoms. The fourth-order valence-electron chi connectivity index (χ4n) is 9.22. The van der Waals surface area contributed by atoms with Gasteiger partial charge in [0.25, 0.3) is 0 Å². The van der Waals surface area contributed by atoms with Crippen LogP contribution in [0.25, 0.3) is 0 Å².